The number of carbonyl (C=O) groups is 1. The second-order valence-corrected chi connectivity index (χ2v) is 6.58. The van der Waals surface area contributed by atoms with Crippen LogP contribution in [0.3, 0.4) is 0 Å². The van der Waals surface area contributed by atoms with E-state index in [2.05, 4.69) is 4.99 Å². The molecular formula is C16H13ClFNO3S. The van der Waals surface area contributed by atoms with E-state index in [4.69, 9.17) is 16.3 Å². The van der Waals surface area contributed by atoms with Gasteiger partial charge < -0.3 is 9.84 Å². The van der Waals surface area contributed by atoms with Crippen molar-refractivity contribution in [3.8, 4) is 0 Å². The van der Waals surface area contributed by atoms with E-state index < -0.39 is 11.8 Å². The maximum absolute atomic E-state index is 13.3. The van der Waals surface area contributed by atoms with Crippen LogP contribution < -0.4 is 0 Å². The smallest absolute Gasteiger partial charge is 0.343 e. The molecule has 2 aromatic rings. The Kier molecular flexibility index (Phi) is 4.37. The zero-order valence-electron chi connectivity index (χ0n) is 12.2. The van der Waals surface area contributed by atoms with Gasteiger partial charge in [0.05, 0.1) is 23.1 Å². The standard InChI is InChI=1S/C16H13ClFNO3S/c1-22-16(21)11(7-19-9-3-4-9)14(20)15-13(17)10-5-2-8(18)6-12(10)23-15/h2,5-7,9,20H,3-4H2,1H3/b14-11-,19-7?. The van der Waals surface area contributed by atoms with Gasteiger partial charge in [0.25, 0.3) is 0 Å². The average molecular weight is 354 g/mol. The van der Waals surface area contributed by atoms with Crippen LogP contribution in [-0.4, -0.2) is 30.4 Å². The number of thiophene rings is 1. The molecule has 3 rings (SSSR count). The number of nitrogens with zero attached hydrogens (tertiary/aromatic N) is 1. The van der Waals surface area contributed by atoms with Crippen LogP contribution in [-0.2, 0) is 9.53 Å². The van der Waals surface area contributed by atoms with Gasteiger partial charge >= 0.3 is 5.97 Å². The number of aliphatic hydroxyl groups excluding tert-OH is 1. The Hall–Kier alpha value is -1.92. The van der Waals surface area contributed by atoms with Crippen molar-refractivity contribution in [3.05, 3.63) is 39.5 Å². The molecule has 120 valence electrons. The molecule has 23 heavy (non-hydrogen) atoms. The Balaban J connectivity index is 2.12. The molecule has 1 saturated carbocycles. The van der Waals surface area contributed by atoms with Gasteiger partial charge in [-0.05, 0) is 31.0 Å². The first kappa shape index (κ1) is 16.0. The summed E-state index contributed by atoms with van der Waals surface area (Å²) >= 11 is 7.37. The van der Waals surface area contributed by atoms with E-state index in [1.54, 1.807) is 0 Å². The van der Waals surface area contributed by atoms with Gasteiger partial charge in [0.2, 0.25) is 0 Å². The van der Waals surface area contributed by atoms with Crippen molar-refractivity contribution in [1.29, 1.82) is 0 Å². The van der Waals surface area contributed by atoms with Crippen LogP contribution in [0.25, 0.3) is 15.8 Å². The highest BCUT2D eigenvalue weighted by atomic mass is 35.5. The third kappa shape index (κ3) is 3.23. The number of carbonyl (C=O) groups excluding carboxylic acids is 1. The van der Waals surface area contributed by atoms with Gasteiger partial charge in [0.15, 0.2) is 0 Å². The highest BCUT2D eigenvalue weighted by Gasteiger charge is 2.23. The van der Waals surface area contributed by atoms with E-state index in [1.807, 2.05) is 0 Å². The molecule has 0 unspecified atom stereocenters. The van der Waals surface area contributed by atoms with Gasteiger partial charge in [-0.1, -0.05) is 11.6 Å². The first-order valence-electron chi connectivity index (χ1n) is 6.94. The van der Waals surface area contributed by atoms with E-state index in [9.17, 15) is 14.3 Å². The zero-order chi connectivity index (χ0) is 16.6. The lowest BCUT2D eigenvalue weighted by molar-refractivity contribution is -0.135. The van der Waals surface area contributed by atoms with Gasteiger partial charge in [0, 0.05) is 16.3 Å². The molecule has 0 amide bonds. The number of hydrogen-bond donors (Lipinski definition) is 1. The van der Waals surface area contributed by atoms with Crippen molar-refractivity contribution in [2.75, 3.05) is 7.11 Å². The van der Waals surface area contributed by atoms with Crippen LogP contribution in [0.15, 0.2) is 28.8 Å². The van der Waals surface area contributed by atoms with Gasteiger partial charge in [0.1, 0.15) is 17.1 Å². The molecule has 1 aromatic heterocycles. The second kappa shape index (κ2) is 6.29. The highest BCUT2D eigenvalue weighted by molar-refractivity contribution is 7.20. The quantitative estimate of drug-likeness (QED) is 0.384. The van der Waals surface area contributed by atoms with Gasteiger partial charge in [-0.15, -0.1) is 11.3 Å². The van der Waals surface area contributed by atoms with E-state index >= 15 is 0 Å². The maximum Gasteiger partial charge on any atom is 0.343 e. The molecule has 1 N–H and O–H groups in total. The Morgan fingerprint density at radius 1 is 1.52 bits per heavy atom. The summed E-state index contributed by atoms with van der Waals surface area (Å²) in [5.41, 5.74) is -0.0617. The number of methoxy groups -OCH3 is 1. The van der Waals surface area contributed by atoms with Gasteiger partial charge in [-0.2, -0.15) is 0 Å². The topological polar surface area (TPSA) is 58.9 Å². The summed E-state index contributed by atoms with van der Waals surface area (Å²) in [6, 6.07) is 4.35. The summed E-state index contributed by atoms with van der Waals surface area (Å²) < 4.78 is 18.6. The largest absolute Gasteiger partial charge is 0.505 e. The summed E-state index contributed by atoms with van der Waals surface area (Å²) in [6.07, 6.45) is 3.25. The van der Waals surface area contributed by atoms with Crippen LogP contribution in [0.2, 0.25) is 5.02 Å². The third-order valence-corrected chi connectivity index (χ3v) is 5.09. The fraction of sp³-hybridized carbons (Fsp3) is 0.250. The molecule has 0 radical (unpaired) electrons. The molecule has 0 bridgehead atoms. The monoisotopic (exact) mass is 353 g/mol. The van der Waals surface area contributed by atoms with Crippen molar-refractivity contribution in [2.45, 2.75) is 18.9 Å². The number of aliphatic imine (C=N–C) groups is 1. The lowest BCUT2D eigenvalue weighted by atomic mass is 10.2. The molecule has 1 heterocycles. The zero-order valence-corrected chi connectivity index (χ0v) is 13.7. The van der Waals surface area contributed by atoms with Crippen LogP contribution >= 0.6 is 22.9 Å². The average Bonchev–Trinajstić information content (AvgIpc) is 3.30. The summed E-state index contributed by atoms with van der Waals surface area (Å²) in [5.74, 6) is -1.41. The first-order chi connectivity index (χ1) is 11.0. The minimum atomic E-state index is -0.702. The van der Waals surface area contributed by atoms with E-state index in [0.29, 0.717) is 10.1 Å². The minimum absolute atomic E-state index is 0.0617. The Morgan fingerprint density at radius 3 is 2.91 bits per heavy atom. The van der Waals surface area contributed by atoms with Crippen molar-refractivity contribution < 1.29 is 19.0 Å². The molecule has 1 aromatic carbocycles. The third-order valence-electron chi connectivity index (χ3n) is 3.43. The normalized spacial score (nSPS) is 16.0. The van der Waals surface area contributed by atoms with Crippen molar-refractivity contribution >= 4 is 51.0 Å². The predicted octanol–water partition coefficient (Wildman–Crippen LogP) is 4.37. The summed E-state index contributed by atoms with van der Waals surface area (Å²) in [5, 5.41) is 11.4. The summed E-state index contributed by atoms with van der Waals surface area (Å²) in [7, 11) is 1.22. The molecule has 7 heteroatoms. The lowest BCUT2D eigenvalue weighted by Gasteiger charge is -2.04. The number of hydrogen-bond acceptors (Lipinski definition) is 5. The number of ether oxygens (including phenoxy) is 1. The van der Waals surface area contributed by atoms with Crippen molar-refractivity contribution in [2.24, 2.45) is 4.99 Å². The minimum Gasteiger partial charge on any atom is -0.505 e. The number of aliphatic hydroxyl groups is 1. The Bertz CT molecular complexity index is 839. The molecule has 0 aliphatic heterocycles. The van der Waals surface area contributed by atoms with Gasteiger partial charge in [-0.25, -0.2) is 9.18 Å². The Morgan fingerprint density at radius 2 is 2.26 bits per heavy atom. The lowest BCUT2D eigenvalue weighted by Crippen LogP contribution is -2.09. The van der Waals surface area contributed by atoms with Crippen LogP contribution in [0.5, 0.6) is 0 Å². The molecule has 1 aliphatic rings. The summed E-state index contributed by atoms with van der Waals surface area (Å²) in [4.78, 5) is 16.4. The van der Waals surface area contributed by atoms with E-state index in [1.165, 1.54) is 31.5 Å². The Labute approximate surface area is 140 Å². The van der Waals surface area contributed by atoms with E-state index in [-0.39, 0.29) is 27.3 Å². The predicted molar refractivity (Wildman–Crippen MR) is 89.9 cm³/mol. The number of fused-ring (bicyclic) bond motifs is 1. The van der Waals surface area contributed by atoms with Crippen molar-refractivity contribution in [1.82, 2.24) is 0 Å². The molecule has 1 fully saturated rings. The molecule has 0 spiro atoms. The molecule has 0 atom stereocenters. The number of halogens is 2. The number of benzene rings is 1. The van der Waals surface area contributed by atoms with Crippen LogP contribution in [0, 0.1) is 5.82 Å². The van der Waals surface area contributed by atoms with Crippen LogP contribution in [0.4, 0.5) is 4.39 Å². The number of esters is 1. The maximum atomic E-state index is 13.3. The fourth-order valence-corrected chi connectivity index (χ4v) is 3.54. The first-order valence-corrected chi connectivity index (χ1v) is 8.13. The molecule has 0 saturated heterocycles. The second-order valence-electron chi connectivity index (χ2n) is 5.15. The molecule has 1 aliphatic carbocycles. The highest BCUT2D eigenvalue weighted by Crippen LogP contribution is 2.39. The van der Waals surface area contributed by atoms with Gasteiger partial charge in [-0.3, -0.25) is 4.99 Å². The van der Waals surface area contributed by atoms with Crippen molar-refractivity contribution in [3.63, 3.8) is 0 Å². The molecular weight excluding hydrogens is 341 g/mol. The summed E-state index contributed by atoms with van der Waals surface area (Å²) in [6.45, 7) is 0. The number of rotatable bonds is 4. The molecule has 4 nitrogen and oxygen atoms in total. The fourth-order valence-electron chi connectivity index (χ4n) is 2.04. The SMILES string of the molecule is COC(=O)/C(C=NC1CC1)=C(\O)c1sc2cc(F)ccc2c1Cl. The van der Waals surface area contributed by atoms with E-state index in [0.717, 1.165) is 24.2 Å². The van der Waals surface area contributed by atoms with Crippen LogP contribution in [0.1, 0.15) is 17.7 Å².